The molecule has 0 fully saturated rings. The Morgan fingerprint density at radius 1 is 1.06 bits per heavy atom. The monoisotopic (exact) mass is 443 g/mol. The van der Waals surface area contributed by atoms with Crippen LogP contribution in [0.2, 0.25) is 0 Å². The zero-order valence-corrected chi connectivity index (χ0v) is 20.2. The second-order valence-electron chi connectivity index (χ2n) is 9.42. The van der Waals surface area contributed by atoms with E-state index in [2.05, 4.69) is 13.8 Å². The minimum atomic E-state index is -0.742. The number of methoxy groups -OCH3 is 3. The topological polar surface area (TPSA) is 83.4 Å². The number of hydrogen-bond acceptors (Lipinski definition) is 7. The van der Waals surface area contributed by atoms with Crippen LogP contribution < -0.4 is 14.2 Å². The predicted octanol–water partition coefficient (Wildman–Crippen LogP) is 4.48. The fourth-order valence-corrected chi connectivity index (χ4v) is 4.76. The van der Waals surface area contributed by atoms with Crippen molar-refractivity contribution >= 4 is 17.5 Å². The van der Waals surface area contributed by atoms with Crippen LogP contribution in [0.5, 0.6) is 17.2 Å². The van der Waals surface area contributed by atoms with E-state index in [-0.39, 0.29) is 17.3 Å². The fraction of sp³-hybridized carbons (Fsp3) is 0.560. The van der Waals surface area contributed by atoms with Crippen LogP contribution in [-0.2, 0) is 14.3 Å². The Morgan fingerprint density at radius 2 is 1.72 bits per heavy atom. The Labute approximate surface area is 189 Å². The van der Waals surface area contributed by atoms with Crippen molar-refractivity contribution in [1.82, 2.24) is 0 Å². The molecular weight excluding hydrogens is 410 g/mol. The number of Topliss-reactive ketones (excluding diaryl/α,β-unsaturated/α-hetero) is 1. The molecule has 0 N–H and O–H groups in total. The number of nitrogens with zero attached hydrogens (tertiary/aromatic N) is 1. The molecule has 0 amide bonds. The molecule has 1 unspecified atom stereocenters. The molecule has 0 saturated carbocycles. The maximum absolute atomic E-state index is 13.4. The summed E-state index contributed by atoms with van der Waals surface area (Å²) in [4.78, 5) is 31.4. The molecular formula is C25H33NO6. The van der Waals surface area contributed by atoms with Crippen molar-refractivity contribution in [1.29, 1.82) is 0 Å². The van der Waals surface area contributed by atoms with Gasteiger partial charge in [0.25, 0.3) is 0 Å². The number of allylic oxidation sites excluding steroid dienone is 2. The molecule has 1 aliphatic carbocycles. The van der Waals surface area contributed by atoms with Crippen molar-refractivity contribution in [3.05, 3.63) is 29.0 Å². The second kappa shape index (κ2) is 8.96. The first-order chi connectivity index (χ1) is 15.0. The van der Waals surface area contributed by atoms with Crippen molar-refractivity contribution in [2.75, 3.05) is 21.3 Å². The zero-order chi connectivity index (χ0) is 23.8. The highest BCUT2D eigenvalue weighted by atomic mass is 16.5. The van der Waals surface area contributed by atoms with Crippen molar-refractivity contribution in [3.8, 4) is 17.2 Å². The van der Waals surface area contributed by atoms with E-state index < -0.39 is 17.8 Å². The lowest BCUT2D eigenvalue weighted by Crippen LogP contribution is -2.40. The summed E-state index contributed by atoms with van der Waals surface area (Å²) in [5.41, 5.74) is 2.40. The Morgan fingerprint density at radius 3 is 2.28 bits per heavy atom. The van der Waals surface area contributed by atoms with Gasteiger partial charge in [0.15, 0.2) is 17.3 Å². The lowest BCUT2D eigenvalue weighted by atomic mass is 9.66. The number of benzene rings is 1. The van der Waals surface area contributed by atoms with Gasteiger partial charge >= 0.3 is 5.97 Å². The van der Waals surface area contributed by atoms with E-state index in [0.717, 1.165) is 5.70 Å². The summed E-state index contributed by atoms with van der Waals surface area (Å²) in [7, 11) is 4.61. The predicted molar refractivity (Wildman–Crippen MR) is 122 cm³/mol. The van der Waals surface area contributed by atoms with Gasteiger partial charge in [-0.2, -0.15) is 0 Å². The summed E-state index contributed by atoms with van der Waals surface area (Å²) in [5.74, 6) is -0.405. The Balaban J connectivity index is 2.29. The van der Waals surface area contributed by atoms with E-state index >= 15 is 0 Å². The van der Waals surface area contributed by atoms with Crippen molar-refractivity contribution < 1.29 is 28.5 Å². The van der Waals surface area contributed by atoms with E-state index in [1.807, 2.05) is 13.0 Å². The van der Waals surface area contributed by atoms with Gasteiger partial charge in [-0.3, -0.25) is 14.6 Å². The zero-order valence-electron chi connectivity index (χ0n) is 20.2. The number of hydrogen-bond donors (Lipinski definition) is 0. The van der Waals surface area contributed by atoms with Gasteiger partial charge < -0.3 is 18.9 Å². The van der Waals surface area contributed by atoms with Gasteiger partial charge in [-0.25, -0.2) is 0 Å². The van der Waals surface area contributed by atoms with Crippen LogP contribution in [0.4, 0.5) is 0 Å². The second-order valence-corrected chi connectivity index (χ2v) is 9.42. The molecule has 7 nitrogen and oxygen atoms in total. The summed E-state index contributed by atoms with van der Waals surface area (Å²) >= 11 is 0. The minimum Gasteiger partial charge on any atom is -0.493 e. The number of ether oxygens (including phenoxy) is 4. The lowest BCUT2D eigenvalue weighted by molar-refractivity contribution is -0.150. The van der Waals surface area contributed by atoms with Crippen LogP contribution in [0.3, 0.4) is 0 Å². The highest BCUT2D eigenvalue weighted by Gasteiger charge is 2.47. The van der Waals surface area contributed by atoms with Crippen LogP contribution >= 0.6 is 0 Å². The quantitative estimate of drug-likeness (QED) is 0.603. The Bertz CT molecular complexity index is 988. The van der Waals surface area contributed by atoms with E-state index in [1.54, 1.807) is 27.0 Å². The molecule has 0 bridgehead atoms. The SMILES string of the molecule is COc1ccc([C@@H]2C3=C(CC(C)(C)CC3=O)N=C(C)C2C(=O)OC(C)C)c(OC)c1OC. The van der Waals surface area contributed by atoms with Crippen LogP contribution in [0.25, 0.3) is 0 Å². The Hall–Kier alpha value is -2.83. The van der Waals surface area contributed by atoms with Gasteiger partial charge in [-0.1, -0.05) is 19.9 Å². The summed E-state index contributed by atoms with van der Waals surface area (Å²) in [5, 5.41) is 0. The van der Waals surface area contributed by atoms with Crippen molar-refractivity contribution in [2.24, 2.45) is 16.3 Å². The molecule has 0 aromatic heterocycles. The molecule has 3 rings (SSSR count). The maximum atomic E-state index is 13.4. The molecule has 1 heterocycles. The van der Waals surface area contributed by atoms with Crippen LogP contribution in [0.15, 0.2) is 28.4 Å². The smallest absolute Gasteiger partial charge is 0.315 e. The molecule has 174 valence electrons. The van der Waals surface area contributed by atoms with Crippen LogP contribution in [0.1, 0.15) is 58.9 Å². The average Bonchev–Trinajstić information content (AvgIpc) is 2.69. The third-order valence-electron chi connectivity index (χ3n) is 5.98. The Kier molecular flexibility index (Phi) is 6.67. The number of rotatable bonds is 6. The number of ketones is 1. The number of carbonyl (C=O) groups is 2. The standard InChI is InChI=1S/C25H33NO6/c1-13(2)32-24(28)19-14(3)26-16-11-25(4,5)12-17(27)21(16)20(19)15-9-10-18(29-6)23(31-8)22(15)30-7/h9-10,13,19-20H,11-12H2,1-8H3/t19?,20-/m0/s1. The van der Waals surface area contributed by atoms with Gasteiger partial charge in [0.2, 0.25) is 5.75 Å². The highest BCUT2D eigenvalue weighted by Crippen LogP contribution is 2.52. The van der Waals surface area contributed by atoms with Gasteiger partial charge in [0, 0.05) is 34.9 Å². The van der Waals surface area contributed by atoms with E-state index in [9.17, 15) is 9.59 Å². The molecule has 7 heteroatoms. The van der Waals surface area contributed by atoms with Crippen molar-refractivity contribution in [2.45, 2.75) is 59.5 Å². The fourth-order valence-electron chi connectivity index (χ4n) is 4.76. The first-order valence-electron chi connectivity index (χ1n) is 10.9. The normalized spacial score (nSPS) is 22.3. The molecule has 2 aliphatic rings. The molecule has 0 spiro atoms. The highest BCUT2D eigenvalue weighted by molar-refractivity contribution is 6.09. The minimum absolute atomic E-state index is 0.00307. The summed E-state index contributed by atoms with van der Waals surface area (Å²) in [6.07, 6.45) is 0.752. The summed E-state index contributed by atoms with van der Waals surface area (Å²) < 4.78 is 22.3. The largest absolute Gasteiger partial charge is 0.493 e. The first-order valence-corrected chi connectivity index (χ1v) is 10.9. The van der Waals surface area contributed by atoms with Gasteiger partial charge in [-0.05, 0) is 38.7 Å². The third kappa shape index (κ3) is 4.25. The molecule has 32 heavy (non-hydrogen) atoms. The lowest BCUT2D eigenvalue weighted by Gasteiger charge is -2.39. The molecule has 0 saturated heterocycles. The van der Waals surface area contributed by atoms with E-state index in [1.165, 1.54) is 14.2 Å². The van der Waals surface area contributed by atoms with Gasteiger partial charge in [-0.15, -0.1) is 0 Å². The molecule has 1 aromatic rings. The van der Waals surface area contributed by atoms with E-state index in [0.29, 0.717) is 46.9 Å². The van der Waals surface area contributed by atoms with Crippen LogP contribution in [0, 0.1) is 11.3 Å². The van der Waals surface area contributed by atoms with Crippen LogP contribution in [-0.4, -0.2) is 44.9 Å². The first kappa shape index (κ1) is 23.8. The third-order valence-corrected chi connectivity index (χ3v) is 5.98. The van der Waals surface area contributed by atoms with Gasteiger partial charge in [0.1, 0.15) is 5.92 Å². The molecule has 2 atom stereocenters. The average molecular weight is 444 g/mol. The molecule has 1 aliphatic heterocycles. The number of esters is 1. The summed E-state index contributed by atoms with van der Waals surface area (Å²) in [6.45, 7) is 9.55. The number of aliphatic imine (C=N–C) groups is 1. The number of carbonyl (C=O) groups excluding carboxylic acids is 2. The summed E-state index contributed by atoms with van der Waals surface area (Å²) in [6, 6.07) is 3.59. The van der Waals surface area contributed by atoms with Crippen molar-refractivity contribution in [3.63, 3.8) is 0 Å². The van der Waals surface area contributed by atoms with E-state index in [4.69, 9.17) is 23.9 Å². The maximum Gasteiger partial charge on any atom is 0.315 e. The molecule has 1 aromatic carbocycles. The molecule has 0 radical (unpaired) electrons. The van der Waals surface area contributed by atoms with Gasteiger partial charge in [0.05, 0.1) is 27.4 Å².